The molecule has 0 unspecified atom stereocenters. The molecule has 0 bridgehead atoms. The molecule has 0 saturated carbocycles. The number of sulfonamides is 1. The number of carbonyl (C=O) groups excluding carboxylic acids is 2. The Labute approximate surface area is 192 Å². The van der Waals surface area contributed by atoms with Gasteiger partial charge in [-0.25, -0.2) is 13.2 Å². The molecule has 3 aromatic carbocycles. The smallest absolute Gasteiger partial charge is 0.344 e. The van der Waals surface area contributed by atoms with Gasteiger partial charge in [-0.15, -0.1) is 0 Å². The van der Waals surface area contributed by atoms with E-state index in [2.05, 4.69) is 5.32 Å². The molecule has 0 atom stereocenters. The molecule has 3 aromatic rings. The number of carbonyl (C=O) groups is 2. The third-order valence-corrected chi connectivity index (χ3v) is 6.41. The van der Waals surface area contributed by atoms with Gasteiger partial charge in [0.15, 0.2) is 6.61 Å². The van der Waals surface area contributed by atoms with Crippen molar-refractivity contribution in [2.75, 3.05) is 29.9 Å². The molecule has 0 radical (unpaired) electrons. The summed E-state index contributed by atoms with van der Waals surface area (Å²) in [5.41, 5.74) is 1.11. The van der Waals surface area contributed by atoms with Crippen LogP contribution in [0.2, 0.25) is 0 Å². The Kier molecular flexibility index (Phi) is 7.68. The van der Waals surface area contributed by atoms with Crippen molar-refractivity contribution in [2.24, 2.45) is 0 Å². The zero-order valence-electron chi connectivity index (χ0n) is 18.2. The van der Waals surface area contributed by atoms with Gasteiger partial charge in [-0.2, -0.15) is 0 Å². The second-order valence-electron chi connectivity index (χ2n) is 6.91. The number of benzene rings is 3. The Balaban J connectivity index is 1.74. The van der Waals surface area contributed by atoms with E-state index in [-0.39, 0.29) is 23.7 Å². The van der Waals surface area contributed by atoms with E-state index in [4.69, 9.17) is 9.47 Å². The van der Waals surface area contributed by atoms with Crippen LogP contribution in [-0.4, -0.2) is 40.6 Å². The SMILES string of the molecule is CCOC(=O)COc1cccc(NC(=O)c2cccc(S(=O)(=O)N(C)c3ccccc3)c2)c1. The number of para-hydroxylation sites is 1. The second-order valence-corrected chi connectivity index (χ2v) is 8.88. The van der Waals surface area contributed by atoms with Gasteiger partial charge >= 0.3 is 5.97 Å². The summed E-state index contributed by atoms with van der Waals surface area (Å²) in [7, 11) is -2.40. The van der Waals surface area contributed by atoms with Gasteiger partial charge in [0.05, 0.1) is 17.2 Å². The van der Waals surface area contributed by atoms with Crippen LogP contribution in [0.25, 0.3) is 0 Å². The lowest BCUT2D eigenvalue weighted by atomic mass is 10.2. The zero-order chi connectivity index (χ0) is 23.8. The third-order valence-electron chi connectivity index (χ3n) is 4.63. The van der Waals surface area contributed by atoms with Gasteiger partial charge < -0.3 is 14.8 Å². The molecule has 3 rings (SSSR count). The van der Waals surface area contributed by atoms with E-state index in [9.17, 15) is 18.0 Å². The first kappa shape index (κ1) is 23.8. The van der Waals surface area contributed by atoms with Crippen LogP contribution >= 0.6 is 0 Å². The number of esters is 1. The number of hydrogen-bond acceptors (Lipinski definition) is 6. The molecule has 9 heteroatoms. The first-order chi connectivity index (χ1) is 15.8. The van der Waals surface area contributed by atoms with Crippen molar-refractivity contribution in [1.82, 2.24) is 0 Å². The van der Waals surface area contributed by atoms with Crippen LogP contribution in [0.4, 0.5) is 11.4 Å². The molecular weight excluding hydrogens is 444 g/mol. The number of anilines is 2. The molecule has 33 heavy (non-hydrogen) atoms. The highest BCUT2D eigenvalue weighted by Crippen LogP contribution is 2.23. The largest absolute Gasteiger partial charge is 0.482 e. The summed E-state index contributed by atoms with van der Waals surface area (Å²) in [6.07, 6.45) is 0. The highest BCUT2D eigenvalue weighted by molar-refractivity contribution is 7.92. The molecule has 0 spiro atoms. The Morgan fingerprint density at radius 3 is 2.39 bits per heavy atom. The van der Waals surface area contributed by atoms with Crippen LogP contribution in [0, 0.1) is 0 Å². The summed E-state index contributed by atoms with van der Waals surface area (Å²) in [6, 6.07) is 21.0. The first-order valence-corrected chi connectivity index (χ1v) is 11.6. The van der Waals surface area contributed by atoms with Crippen molar-refractivity contribution in [1.29, 1.82) is 0 Å². The normalized spacial score (nSPS) is 10.8. The quantitative estimate of drug-likeness (QED) is 0.481. The highest BCUT2D eigenvalue weighted by atomic mass is 32.2. The molecular formula is C24H24N2O6S. The number of nitrogens with zero attached hydrogens (tertiary/aromatic N) is 1. The van der Waals surface area contributed by atoms with Gasteiger partial charge in [0.1, 0.15) is 5.75 Å². The number of nitrogens with one attached hydrogen (secondary N) is 1. The lowest BCUT2D eigenvalue weighted by molar-refractivity contribution is -0.145. The van der Waals surface area contributed by atoms with Crippen molar-refractivity contribution >= 4 is 33.3 Å². The molecule has 0 aliphatic heterocycles. The Bertz CT molecular complexity index is 1230. The maximum atomic E-state index is 13.0. The predicted molar refractivity (Wildman–Crippen MR) is 125 cm³/mol. The summed E-state index contributed by atoms with van der Waals surface area (Å²) >= 11 is 0. The van der Waals surface area contributed by atoms with Crippen LogP contribution in [0.5, 0.6) is 5.75 Å². The standard InChI is InChI=1S/C24H24N2O6S/c1-3-31-23(27)17-32-21-13-8-10-19(16-21)25-24(28)18-9-7-14-22(15-18)33(29,30)26(2)20-11-5-4-6-12-20/h4-16H,3,17H2,1-2H3,(H,25,28). The lowest BCUT2D eigenvalue weighted by Crippen LogP contribution is -2.26. The van der Waals surface area contributed by atoms with Gasteiger partial charge in [0.25, 0.3) is 15.9 Å². The fraction of sp³-hybridized carbons (Fsp3) is 0.167. The summed E-state index contributed by atoms with van der Waals surface area (Å²) in [4.78, 5) is 24.2. The maximum absolute atomic E-state index is 13.0. The van der Waals surface area contributed by atoms with Crippen LogP contribution in [0.1, 0.15) is 17.3 Å². The maximum Gasteiger partial charge on any atom is 0.344 e. The zero-order valence-corrected chi connectivity index (χ0v) is 19.0. The predicted octanol–water partition coefficient (Wildman–Crippen LogP) is 3.71. The summed E-state index contributed by atoms with van der Waals surface area (Å²) < 4.78 is 37.4. The minimum Gasteiger partial charge on any atom is -0.482 e. The van der Waals surface area contributed by atoms with E-state index in [0.717, 1.165) is 4.31 Å². The summed E-state index contributed by atoms with van der Waals surface area (Å²) in [6.45, 7) is 1.71. The number of rotatable bonds is 9. The molecule has 1 amide bonds. The van der Waals surface area contributed by atoms with Gasteiger partial charge in [-0.3, -0.25) is 9.10 Å². The number of amides is 1. The number of hydrogen-bond donors (Lipinski definition) is 1. The molecule has 172 valence electrons. The first-order valence-electron chi connectivity index (χ1n) is 10.1. The molecule has 0 aromatic heterocycles. The minimum atomic E-state index is -3.86. The molecule has 0 aliphatic carbocycles. The van der Waals surface area contributed by atoms with Crippen molar-refractivity contribution in [2.45, 2.75) is 11.8 Å². The van der Waals surface area contributed by atoms with E-state index in [0.29, 0.717) is 17.1 Å². The highest BCUT2D eigenvalue weighted by Gasteiger charge is 2.22. The van der Waals surface area contributed by atoms with Crippen molar-refractivity contribution in [3.63, 3.8) is 0 Å². The second kappa shape index (κ2) is 10.6. The van der Waals surface area contributed by atoms with Crippen molar-refractivity contribution < 1.29 is 27.5 Å². The summed E-state index contributed by atoms with van der Waals surface area (Å²) in [5.74, 6) is -0.607. The van der Waals surface area contributed by atoms with Crippen LogP contribution in [-0.2, 0) is 19.6 Å². The summed E-state index contributed by atoms with van der Waals surface area (Å²) in [5, 5.41) is 2.71. The van der Waals surface area contributed by atoms with Gasteiger partial charge in [-0.1, -0.05) is 30.3 Å². The fourth-order valence-corrected chi connectivity index (χ4v) is 4.19. The van der Waals surface area contributed by atoms with E-state index in [1.54, 1.807) is 61.5 Å². The van der Waals surface area contributed by atoms with Gasteiger partial charge in [0, 0.05) is 24.4 Å². The van der Waals surface area contributed by atoms with Gasteiger partial charge in [-0.05, 0) is 49.4 Å². The van der Waals surface area contributed by atoms with Crippen LogP contribution in [0.3, 0.4) is 0 Å². The van der Waals surface area contributed by atoms with Gasteiger partial charge in [0.2, 0.25) is 0 Å². The van der Waals surface area contributed by atoms with E-state index in [1.165, 1.54) is 31.3 Å². The van der Waals surface area contributed by atoms with Crippen molar-refractivity contribution in [3.8, 4) is 5.75 Å². The average Bonchev–Trinajstić information content (AvgIpc) is 2.83. The Morgan fingerprint density at radius 2 is 1.67 bits per heavy atom. The minimum absolute atomic E-state index is 0.00646. The van der Waals surface area contributed by atoms with Crippen LogP contribution < -0.4 is 14.4 Å². The third kappa shape index (κ3) is 6.11. The van der Waals surface area contributed by atoms with E-state index >= 15 is 0 Å². The monoisotopic (exact) mass is 468 g/mol. The lowest BCUT2D eigenvalue weighted by Gasteiger charge is -2.19. The number of ether oxygens (including phenoxy) is 2. The Hall–Kier alpha value is -3.85. The van der Waals surface area contributed by atoms with Crippen LogP contribution in [0.15, 0.2) is 83.8 Å². The van der Waals surface area contributed by atoms with E-state index < -0.39 is 21.9 Å². The topological polar surface area (TPSA) is 102 Å². The molecule has 1 N–H and O–H groups in total. The average molecular weight is 469 g/mol. The molecule has 0 saturated heterocycles. The molecule has 8 nitrogen and oxygen atoms in total. The molecule has 0 heterocycles. The van der Waals surface area contributed by atoms with Crippen molar-refractivity contribution in [3.05, 3.63) is 84.4 Å². The fourth-order valence-electron chi connectivity index (χ4n) is 2.94. The Morgan fingerprint density at radius 1 is 0.939 bits per heavy atom. The molecule has 0 fully saturated rings. The van der Waals surface area contributed by atoms with E-state index in [1.807, 2.05) is 0 Å². The molecule has 0 aliphatic rings.